The van der Waals surface area contributed by atoms with Crippen LogP contribution in [0.25, 0.3) is 0 Å². The van der Waals surface area contributed by atoms with E-state index in [0.717, 1.165) is 54.0 Å². The number of nitrogens with zero attached hydrogens (tertiary/aromatic N) is 2. The summed E-state index contributed by atoms with van der Waals surface area (Å²) in [7, 11) is 1.68. The second-order valence-electron chi connectivity index (χ2n) is 5.22. The van der Waals surface area contributed by atoms with Gasteiger partial charge in [-0.25, -0.2) is 0 Å². The molecule has 2 rings (SSSR count). The van der Waals surface area contributed by atoms with E-state index in [1.54, 1.807) is 7.11 Å². The molecular weight excluding hydrogens is 256 g/mol. The van der Waals surface area contributed by atoms with Gasteiger partial charge in [-0.05, 0) is 39.5 Å². The van der Waals surface area contributed by atoms with Crippen LogP contribution in [0.3, 0.4) is 0 Å². The molecule has 5 nitrogen and oxygen atoms in total. The molecule has 1 saturated carbocycles. The van der Waals surface area contributed by atoms with E-state index in [1.807, 2.05) is 20.0 Å². The Hall–Kier alpha value is -1.62. The van der Waals surface area contributed by atoms with Crippen molar-refractivity contribution in [3.8, 4) is 5.75 Å². The Morgan fingerprint density at radius 3 is 2.65 bits per heavy atom. The van der Waals surface area contributed by atoms with Gasteiger partial charge in [0.25, 0.3) is 0 Å². The van der Waals surface area contributed by atoms with Crippen LogP contribution >= 0.6 is 0 Å². The molecule has 0 aliphatic heterocycles. The third-order valence-electron chi connectivity index (χ3n) is 3.86. The first-order valence-electron chi connectivity index (χ1n) is 6.96. The summed E-state index contributed by atoms with van der Waals surface area (Å²) in [5.74, 6) is 0.886. The number of rotatable bonds is 4. The minimum atomic E-state index is 0.217. The first kappa shape index (κ1) is 14.8. The molecule has 0 unspecified atom stereocenters. The lowest BCUT2D eigenvalue weighted by molar-refractivity contribution is 0.0256. The molecule has 1 aromatic rings. The average molecular weight is 278 g/mol. The van der Waals surface area contributed by atoms with Gasteiger partial charge in [0.05, 0.1) is 31.2 Å². The van der Waals surface area contributed by atoms with E-state index in [-0.39, 0.29) is 6.10 Å². The lowest BCUT2D eigenvalue weighted by Gasteiger charge is -2.23. The number of aromatic nitrogens is 1. The summed E-state index contributed by atoms with van der Waals surface area (Å²) in [6.07, 6.45) is 5.47. The second-order valence-corrected chi connectivity index (χ2v) is 5.22. The minimum absolute atomic E-state index is 0.217. The number of hydrogen-bond acceptors (Lipinski definition) is 5. The molecule has 1 N–H and O–H groups in total. The zero-order valence-electron chi connectivity index (χ0n) is 12.3. The van der Waals surface area contributed by atoms with Gasteiger partial charge in [0.1, 0.15) is 5.75 Å². The van der Waals surface area contributed by atoms with Crippen LogP contribution in [0.1, 0.15) is 42.5 Å². The summed E-state index contributed by atoms with van der Waals surface area (Å²) >= 11 is 0. The Bertz CT molecular complexity index is 490. The van der Waals surface area contributed by atoms with E-state index in [0.29, 0.717) is 6.61 Å². The number of pyridine rings is 1. The molecule has 1 aliphatic rings. The summed E-state index contributed by atoms with van der Waals surface area (Å²) in [6, 6.07) is 0. The highest BCUT2D eigenvalue weighted by Crippen LogP contribution is 2.26. The summed E-state index contributed by atoms with van der Waals surface area (Å²) < 4.78 is 11.3. The molecule has 20 heavy (non-hydrogen) atoms. The molecule has 5 heteroatoms. The van der Waals surface area contributed by atoms with Crippen molar-refractivity contribution in [2.45, 2.75) is 52.2 Å². The van der Waals surface area contributed by atoms with Gasteiger partial charge in [-0.2, -0.15) is 0 Å². The van der Waals surface area contributed by atoms with Gasteiger partial charge < -0.3 is 14.7 Å². The first-order chi connectivity index (χ1) is 9.65. The Morgan fingerprint density at radius 1 is 1.35 bits per heavy atom. The normalized spacial score (nSPS) is 18.9. The molecule has 1 heterocycles. The predicted molar refractivity (Wildman–Crippen MR) is 76.5 cm³/mol. The highest BCUT2D eigenvalue weighted by atomic mass is 16.5. The smallest absolute Gasteiger partial charge is 0.128 e. The number of methoxy groups -OCH3 is 1. The minimum Gasteiger partial charge on any atom is -0.496 e. The van der Waals surface area contributed by atoms with Gasteiger partial charge in [-0.1, -0.05) is 5.16 Å². The van der Waals surface area contributed by atoms with Gasteiger partial charge in [0.2, 0.25) is 0 Å². The maximum absolute atomic E-state index is 8.73. The average Bonchev–Trinajstić information content (AvgIpc) is 2.47. The summed E-state index contributed by atoms with van der Waals surface area (Å²) in [5, 5.41) is 12.0. The summed E-state index contributed by atoms with van der Waals surface area (Å²) in [6.45, 7) is 4.49. The van der Waals surface area contributed by atoms with Crippen LogP contribution in [0, 0.1) is 13.8 Å². The highest BCUT2D eigenvalue weighted by molar-refractivity contribution is 5.84. The monoisotopic (exact) mass is 278 g/mol. The third-order valence-corrected chi connectivity index (χ3v) is 3.86. The zero-order chi connectivity index (χ0) is 14.5. The fourth-order valence-corrected chi connectivity index (χ4v) is 2.60. The molecule has 1 aromatic heterocycles. The Labute approximate surface area is 119 Å². The van der Waals surface area contributed by atoms with Crippen LogP contribution in [-0.2, 0) is 11.3 Å². The van der Waals surface area contributed by atoms with Crippen molar-refractivity contribution < 1.29 is 14.7 Å². The molecule has 0 bridgehead atoms. The molecule has 0 radical (unpaired) electrons. The Kier molecular flexibility index (Phi) is 4.95. The molecule has 0 aromatic carbocycles. The molecule has 0 spiro atoms. The van der Waals surface area contributed by atoms with E-state index in [2.05, 4.69) is 10.1 Å². The van der Waals surface area contributed by atoms with Crippen molar-refractivity contribution >= 4 is 5.71 Å². The maximum Gasteiger partial charge on any atom is 0.128 e. The SMILES string of the molecule is COc1c(C)cnc(COC2CCC(=NO)CC2)c1C. The standard InChI is InChI=1S/C15H22N2O3/c1-10-8-16-14(11(2)15(10)19-3)9-20-13-6-4-12(17-18)5-7-13/h8,13,18H,4-7,9H2,1-3H3. The predicted octanol–water partition coefficient (Wildman–Crippen LogP) is 3.00. The van der Waals surface area contributed by atoms with Crippen molar-refractivity contribution in [2.75, 3.05) is 7.11 Å². The fraction of sp³-hybridized carbons (Fsp3) is 0.600. The van der Waals surface area contributed by atoms with Crippen LogP contribution in [-0.4, -0.2) is 29.1 Å². The molecule has 0 atom stereocenters. The van der Waals surface area contributed by atoms with E-state index in [9.17, 15) is 0 Å². The number of aryl methyl sites for hydroxylation is 1. The second kappa shape index (κ2) is 6.70. The van der Waals surface area contributed by atoms with Crippen LogP contribution in [0.4, 0.5) is 0 Å². The van der Waals surface area contributed by atoms with Crippen molar-refractivity contribution in [2.24, 2.45) is 5.16 Å². The molecule has 110 valence electrons. The summed E-state index contributed by atoms with van der Waals surface area (Å²) in [5.41, 5.74) is 3.88. The fourth-order valence-electron chi connectivity index (χ4n) is 2.60. The van der Waals surface area contributed by atoms with E-state index < -0.39 is 0 Å². The van der Waals surface area contributed by atoms with Crippen molar-refractivity contribution in [3.63, 3.8) is 0 Å². The molecule has 0 saturated heterocycles. The van der Waals surface area contributed by atoms with E-state index >= 15 is 0 Å². The van der Waals surface area contributed by atoms with Crippen LogP contribution in [0.15, 0.2) is 11.4 Å². The van der Waals surface area contributed by atoms with Crippen molar-refractivity contribution in [1.82, 2.24) is 4.98 Å². The van der Waals surface area contributed by atoms with Gasteiger partial charge in [-0.15, -0.1) is 0 Å². The number of ether oxygens (including phenoxy) is 2. The number of hydrogen-bond donors (Lipinski definition) is 1. The third kappa shape index (κ3) is 3.28. The Balaban J connectivity index is 1.95. The summed E-state index contributed by atoms with van der Waals surface area (Å²) in [4.78, 5) is 4.43. The van der Waals surface area contributed by atoms with Crippen LogP contribution < -0.4 is 4.74 Å². The molecule has 0 amide bonds. The van der Waals surface area contributed by atoms with E-state index in [4.69, 9.17) is 14.7 Å². The topological polar surface area (TPSA) is 63.9 Å². The van der Waals surface area contributed by atoms with Gasteiger partial charge in [0, 0.05) is 17.3 Å². The van der Waals surface area contributed by atoms with Crippen molar-refractivity contribution in [1.29, 1.82) is 0 Å². The van der Waals surface area contributed by atoms with Gasteiger partial charge in [-0.3, -0.25) is 4.98 Å². The van der Waals surface area contributed by atoms with Gasteiger partial charge in [0.15, 0.2) is 0 Å². The lowest BCUT2D eigenvalue weighted by Crippen LogP contribution is -2.22. The Morgan fingerprint density at radius 2 is 2.05 bits per heavy atom. The zero-order valence-corrected chi connectivity index (χ0v) is 12.3. The molecular formula is C15H22N2O3. The first-order valence-corrected chi connectivity index (χ1v) is 6.96. The quantitative estimate of drug-likeness (QED) is 0.679. The van der Waals surface area contributed by atoms with Crippen LogP contribution in [0.2, 0.25) is 0 Å². The van der Waals surface area contributed by atoms with Crippen LogP contribution in [0.5, 0.6) is 5.75 Å². The largest absolute Gasteiger partial charge is 0.496 e. The molecule has 1 fully saturated rings. The van der Waals surface area contributed by atoms with Crippen molar-refractivity contribution in [3.05, 3.63) is 23.0 Å². The van der Waals surface area contributed by atoms with E-state index in [1.165, 1.54) is 0 Å². The molecule has 1 aliphatic carbocycles. The number of oxime groups is 1. The van der Waals surface area contributed by atoms with Gasteiger partial charge >= 0.3 is 0 Å². The lowest BCUT2D eigenvalue weighted by atomic mass is 9.96. The maximum atomic E-state index is 8.73. The highest BCUT2D eigenvalue weighted by Gasteiger charge is 2.19.